The van der Waals surface area contributed by atoms with E-state index in [-0.39, 0.29) is 5.91 Å². The lowest BCUT2D eigenvalue weighted by atomic mass is 10.0. The van der Waals surface area contributed by atoms with Gasteiger partial charge in [-0.3, -0.25) is 4.79 Å². The molecule has 6 heteroatoms. The molecule has 1 amide bonds. The van der Waals surface area contributed by atoms with Gasteiger partial charge in [-0.1, -0.05) is 30.3 Å². The number of methoxy groups -OCH3 is 1. The highest BCUT2D eigenvalue weighted by Gasteiger charge is 2.14. The first-order valence-corrected chi connectivity index (χ1v) is 9.83. The zero-order valence-electron chi connectivity index (χ0n) is 17.3. The van der Waals surface area contributed by atoms with E-state index in [1.54, 1.807) is 20.1 Å². The highest BCUT2D eigenvalue weighted by atomic mass is 16.5. The molecule has 6 nitrogen and oxygen atoms in total. The van der Waals surface area contributed by atoms with Crippen molar-refractivity contribution in [3.8, 4) is 11.3 Å². The maximum absolute atomic E-state index is 12.5. The van der Waals surface area contributed by atoms with Crippen LogP contribution in [0.1, 0.15) is 32.7 Å². The van der Waals surface area contributed by atoms with Crippen LogP contribution < -0.4 is 5.32 Å². The monoisotopic (exact) mass is 400 g/mol. The molecule has 0 unspecified atom stereocenters. The van der Waals surface area contributed by atoms with Crippen LogP contribution in [0.4, 0.5) is 0 Å². The summed E-state index contributed by atoms with van der Waals surface area (Å²) in [5.74, 6) is -0.150. The summed E-state index contributed by atoms with van der Waals surface area (Å²) in [7, 11) is 1.71. The summed E-state index contributed by atoms with van der Waals surface area (Å²) in [6, 6.07) is 16.2. The molecule has 0 radical (unpaired) electrons. The van der Waals surface area contributed by atoms with Crippen molar-refractivity contribution in [3.05, 3.63) is 82.7 Å². The van der Waals surface area contributed by atoms with Gasteiger partial charge in [0.1, 0.15) is 0 Å². The Morgan fingerprint density at radius 1 is 1.13 bits per heavy atom. The molecular formula is C24H24N4O2. The molecule has 4 aromatic rings. The SMILES string of the molecule is COCc1ccccc1-c1[nH]c2ccc(CNC(=O)c3ccnnc3C)cc2c1C. The fourth-order valence-corrected chi connectivity index (χ4v) is 3.72. The third-order valence-corrected chi connectivity index (χ3v) is 5.31. The van der Waals surface area contributed by atoms with Crippen molar-refractivity contribution in [3.63, 3.8) is 0 Å². The molecule has 0 spiro atoms. The third-order valence-electron chi connectivity index (χ3n) is 5.31. The Morgan fingerprint density at radius 3 is 2.77 bits per heavy atom. The van der Waals surface area contributed by atoms with E-state index in [9.17, 15) is 4.79 Å². The van der Waals surface area contributed by atoms with Gasteiger partial charge in [-0.15, -0.1) is 0 Å². The average Bonchev–Trinajstić information content (AvgIpc) is 3.09. The molecule has 0 saturated heterocycles. The number of aryl methyl sites for hydroxylation is 2. The van der Waals surface area contributed by atoms with Gasteiger partial charge in [0.25, 0.3) is 5.91 Å². The molecule has 0 aliphatic heterocycles. The summed E-state index contributed by atoms with van der Waals surface area (Å²) in [5.41, 5.74) is 7.82. The lowest BCUT2D eigenvalue weighted by Crippen LogP contribution is -2.24. The lowest BCUT2D eigenvalue weighted by Gasteiger charge is -2.08. The van der Waals surface area contributed by atoms with Crippen molar-refractivity contribution in [1.82, 2.24) is 20.5 Å². The molecule has 2 aromatic carbocycles. The molecule has 0 saturated carbocycles. The Labute approximate surface area is 175 Å². The van der Waals surface area contributed by atoms with Crippen LogP contribution in [0.5, 0.6) is 0 Å². The second kappa shape index (κ2) is 8.47. The molecule has 2 N–H and O–H groups in total. The minimum atomic E-state index is -0.150. The standard InChI is InChI=1S/C24H24N4O2/c1-15-21-12-17(13-25-24(29)19-10-11-26-28-16(19)2)8-9-22(21)27-23(15)20-7-5-4-6-18(20)14-30-3/h4-12,27H,13-14H2,1-3H3,(H,25,29). The van der Waals surface area contributed by atoms with Gasteiger partial charge in [0.15, 0.2) is 0 Å². The number of nitrogens with one attached hydrogen (secondary N) is 2. The Kier molecular flexibility index (Phi) is 5.59. The van der Waals surface area contributed by atoms with Gasteiger partial charge in [0.2, 0.25) is 0 Å². The number of rotatable bonds is 6. The second-order valence-corrected chi connectivity index (χ2v) is 7.31. The van der Waals surface area contributed by atoms with E-state index < -0.39 is 0 Å². The first kappa shape index (κ1) is 19.8. The number of carbonyl (C=O) groups excluding carboxylic acids is 1. The van der Waals surface area contributed by atoms with Crippen molar-refractivity contribution < 1.29 is 9.53 Å². The Balaban J connectivity index is 1.60. The average molecular weight is 400 g/mol. The van der Waals surface area contributed by atoms with Gasteiger partial charge in [0.05, 0.1) is 24.1 Å². The van der Waals surface area contributed by atoms with Crippen LogP contribution in [0.15, 0.2) is 54.7 Å². The first-order valence-electron chi connectivity index (χ1n) is 9.83. The van der Waals surface area contributed by atoms with Crippen molar-refractivity contribution in [1.29, 1.82) is 0 Å². The Bertz CT molecular complexity index is 1210. The second-order valence-electron chi connectivity index (χ2n) is 7.31. The van der Waals surface area contributed by atoms with Crippen molar-refractivity contribution >= 4 is 16.8 Å². The fourth-order valence-electron chi connectivity index (χ4n) is 3.72. The van der Waals surface area contributed by atoms with Crippen LogP contribution in [0, 0.1) is 13.8 Å². The van der Waals surface area contributed by atoms with Crippen LogP contribution in [-0.2, 0) is 17.9 Å². The lowest BCUT2D eigenvalue weighted by molar-refractivity contribution is 0.0949. The van der Waals surface area contributed by atoms with Gasteiger partial charge >= 0.3 is 0 Å². The van der Waals surface area contributed by atoms with Gasteiger partial charge < -0.3 is 15.0 Å². The number of carbonyl (C=O) groups is 1. The predicted molar refractivity (Wildman–Crippen MR) is 117 cm³/mol. The van der Waals surface area contributed by atoms with E-state index in [1.165, 1.54) is 11.8 Å². The summed E-state index contributed by atoms with van der Waals surface area (Å²) >= 11 is 0. The van der Waals surface area contributed by atoms with Gasteiger partial charge in [-0.2, -0.15) is 10.2 Å². The minimum absolute atomic E-state index is 0.150. The van der Waals surface area contributed by atoms with E-state index in [0.29, 0.717) is 24.4 Å². The van der Waals surface area contributed by atoms with Crippen molar-refractivity contribution in [2.45, 2.75) is 27.0 Å². The zero-order valence-corrected chi connectivity index (χ0v) is 17.3. The minimum Gasteiger partial charge on any atom is -0.380 e. The van der Waals surface area contributed by atoms with E-state index in [4.69, 9.17) is 4.74 Å². The number of nitrogens with zero attached hydrogens (tertiary/aromatic N) is 2. The summed E-state index contributed by atoms with van der Waals surface area (Å²) < 4.78 is 5.36. The molecule has 0 atom stereocenters. The molecule has 4 rings (SSSR count). The van der Waals surface area contributed by atoms with Crippen LogP contribution >= 0.6 is 0 Å². The Hall–Kier alpha value is -3.51. The van der Waals surface area contributed by atoms with Crippen LogP contribution in [0.3, 0.4) is 0 Å². The molecular weight excluding hydrogens is 376 g/mol. The smallest absolute Gasteiger partial charge is 0.253 e. The molecule has 2 aromatic heterocycles. The number of H-pyrrole nitrogens is 1. The molecule has 2 heterocycles. The van der Waals surface area contributed by atoms with E-state index in [2.05, 4.69) is 51.7 Å². The van der Waals surface area contributed by atoms with E-state index in [1.807, 2.05) is 18.2 Å². The van der Waals surface area contributed by atoms with Gasteiger partial charge in [-0.05, 0) is 48.7 Å². The number of hydrogen-bond acceptors (Lipinski definition) is 4. The van der Waals surface area contributed by atoms with E-state index in [0.717, 1.165) is 33.3 Å². The Morgan fingerprint density at radius 2 is 1.97 bits per heavy atom. The molecule has 0 aliphatic rings. The summed E-state index contributed by atoms with van der Waals surface area (Å²) in [6.07, 6.45) is 1.53. The van der Waals surface area contributed by atoms with Crippen molar-refractivity contribution in [2.75, 3.05) is 7.11 Å². The maximum atomic E-state index is 12.5. The highest BCUT2D eigenvalue weighted by molar-refractivity contribution is 5.95. The molecule has 0 fully saturated rings. The number of amides is 1. The largest absolute Gasteiger partial charge is 0.380 e. The topological polar surface area (TPSA) is 79.9 Å². The van der Waals surface area contributed by atoms with Crippen LogP contribution in [-0.4, -0.2) is 28.2 Å². The number of ether oxygens (including phenoxy) is 1. The summed E-state index contributed by atoms with van der Waals surface area (Å²) in [6.45, 7) is 4.90. The fraction of sp³-hybridized carbons (Fsp3) is 0.208. The highest BCUT2D eigenvalue weighted by Crippen LogP contribution is 2.32. The number of hydrogen-bond donors (Lipinski definition) is 2. The zero-order chi connectivity index (χ0) is 21.1. The maximum Gasteiger partial charge on any atom is 0.253 e. The number of benzene rings is 2. The van der Waals surface area contributed by atoms with Gasteiger partial charge in [0, 0.05) is 35.8 Å². The van der Waals surface area contributed by atoms with Crippen LogP contribution in [0.2, 0.25) is 0 Å². The van der Waals surface area contributed by atoms with Crippen molar-refractivity contribution in [2.24, 2.45) is 0 Å². The molecule has 30 heavy (non-hydrogen) atoms. The van der Waals surface area contributed by atoms with E-state index >= 15 is 0 Å². The third kappa shape index (κ3) is 3.82. The van der Waals surface area contributed by atoms with Gasteiger partial charge in [-0.25, -0.2) is 0 Å². The number of fused-ring (bicyclic) bond motifs is 1. The summed E-state index contributed by atoms with van der Waals surface area (Å²) in [4.78, 5) is 16.0. The number of aromatic nitrogens is 3. The predicted octanol–water partition coefficient (Wildman–Crippen LogP) is 4.32. The first-order chi connectivity index (χ1) is 14.6. The normalized spacial score (nSPS) is 11.0. The molecule has 0 bridgehead atoms. The molecule has 0 aliphatic carbocycles. The van der Waals surface area contributed by atoms with Crippen LogP contribution in [0.25, 0.3) is 22.2 Å². The number of aromatic amines is 1. The summed E-state index contributed by atoms with van der Waals surface area (Å²) in [5, 5.41) is 11.8. The quantitative estimate of drug-likeness (QED) is 0.505. The molecule has 152 valence electrons.